The fourth-order valence-electron chi connectivity index (χ4n) is 1.45. The summed E-state index contributed by atoms with van der Waals surface area (Å²) >= 11 is 1.59. The summed E-state index contributed by atoms with van der Waals surface area (Å²) < 4.78 is 0. The minimum Gasteiger partial charge on any atom is -0.391 e. The quantitative estimate of drug-likeness (QED) is 0.806. The second-order valence-electron chi connectivity index (χ2n) is 5.09. The lowest BCUT2D eigenvalue weighted by atomic mass is 10.1. The molecule has 0 saturated carbocycles. The number of amides is 1. The maximum absolute atomic E-state index is 11.6. The van der Waals surface area contributed by atoms with Gasteiger partial charge in [0.2, 0.25) is 5.91 Å². The SMILES string of the molecule is Cc1ccc(CSCC(=O)NCC(O)C(C)C)cc1. The number of aliphatic hydroxyl groups excluding tert-OH is 1. The van der Waals surface area contributed by atoms with E-state index in [1.807, 2.05) is 13.8 Å². The first-order valence-corrected chi connectivity index (χ1v) is 7.72. The number of thioether (sulfide) groups is 1. The molecule has 1 unspecified atom stereocenters. The molecule has 106 valence electrons. The van der Waals surface area contributed by atoms with Crippen molar-refractivity contribution in [2.45, 2.75) is 32.6 Å². The van der Waals surface area contributed by atoms with Crippen molar-refractivity contribution < 1.29 is 9.90 Å². The Morgan fingerprint density at radius 2 is 1.95 bits per heavy atom. The zero-order chi connectivity index (χ0) is 14.3. The molecule has 0 spiro atoms. The van der Waals surface area contributed by atoms with E-state index in [9.17, 15) is 9.90 Å². The van der Waals surface area contributed by atoms with Crippen LogP contribution in [0.2, 0.25) is 0 Å². The molecule has 2 N–H and O–H groups in total. The molecule has 0 heterocycles. The average molecular weight is 281 g/mol. The van der Waals surface area contributed by atoms with Gasteiger partial charge in [-0.05, 0) is 18.4 Å². The summed E-state index contributed by atoms with van der Waals surface area (Å²) in [5.74, 6) is 1.41. The topological polar surface area (TPSA) is 49.3 Å². The fraction of sp³-hybridized carbons (Fsp3) is 0.533. The van der Waals surface area contributed by atoms with Crippen molar-refractivity contribution in [3.63, 3.8) is 0 Å². The van der Waals surface area contributed by atoms with Crippen molar-refractivity contribution >= 4 is 17.7 Å². The molecule has 0 aromatic heterocycles. The maximum atomic E-state index is 11.6. The summed E-state index contributed by atoms with van der Waals surface area (Å²) in [6.07, 6.45) is -0.467. The normalized spacial score (nSPS) is 12.5. The number of nitrogens with one attached hydrogen (secondary N) is 1. The lowest BCUT2D eigenvalue weighted by molar-refractivity contribution is -0.119. The van der Waals surface area contributed by atoms with E-state index in [1.54, 1.807) is 11.8 Å². The van der Waals surface area contributed by atoms with Crippen LogP contribution < -0.4 is 5.32 Å². The van der Waals surface area contributed by atoms with E-state index in [1.165, 1.54) is 11.1 Å². The monoisotopic (exact) mass is 281 g/mol. The van der Waals surface area contributed by atoms with Crippen LogP contribution in [-0.2, 0) is 10.5 Å². The average Bonchev–Trinajstić information content (AvgIpc) is 2.38. The maximum Gasteiger partial charge on any atom is 0.230 e. The molecule has 1 aromatic carbocycles. The molecule has 1 aromatic rings. The van der Waals surface area contributed by atoms with Crippen LogP contribution in [0.15, 0.2) is 24.3 Å². The highest BCUT2D eigenvalue weighted by atomic mass is 32.2. The predicted molar refractivity (Wildman–Crippen MR) is 81.2 cm³/mol. The molecule has 1 amide bonds. The summed E-state index contributed by atoms with van der Waals surface area (Å²) in [6, 6.07) is 8.33. The number of hydrogen-bond acceptors (Lipinski definition) is 3. The lowest BCUT2D eigenvalue weighted by Crippen LogP contribution is -2.35. The zero-order valence-corrected chi connectivity index (χ0v) is 12.7. The van der Waals surface area contributed by atoms with Crippen molar-refractivity contribution in [1.29, 1.82) is 0 Å². The van der Waals surface area contributed by atoms with Gasteiger partial charge in [-0.15, -0.1) is 11.8 Å². The molecule has 1 atom stereocenters. The van der Waals surface area contributed by atoms with E-state index in [2.05, 4.69) is 36.5 Å². The Balaban J connectivity index is 2.18. The van der Waals surface area contributed by atoms with Crippen LogP contribution >= 0.6 is 11.8 Å². The molecular weight excluding hydrogens is 258 g/mol. The number of hydrogen-bond donors (Lipinski definition) is 2. The third kappa shape index (κ3) is 6.64. The Bertz CT molecular complexity index is 390. The first-order valence-electron chi connectivity index (χ1n) is 6.57. The molecule has 0 aliphatic heterocycles. The standard InChI is InChI=1S/C15H23NO2S/c1-11(2)14(17)8-16-15(18)10-19-9-13-6-4-12(3)5-7-13/h4-7,11,14,17H,8-10H2,1-3H3,(H,16,18). The van der Waals surface area contributed by atoms with E-state index in [0.717, 1.165) is 5.75 Å². The van der Waals surface area contributed by atoms with Gasteiger partial charge in [-0.1, -0.05) is 43.7 Å². The van der Waals surface area contributed by atoms with Gasteiger partial charge in [0.05, 0.1) is 11.9 Å². The minimum atomic E-state index is -0.467. The van der Waals surface area contributed by atoms with Crippen LogP contribution in [0.25, 0.3) is 0 Å². The first kappa shape index (κ1) is 16.1. The Morgan fingerprint density at radius 1 is 1.32 bits per heavy atom. The van der Waals surface area contributed by atoms with Gasteiger partial charge in [0.15, 0.2) is 0 Å². The molecule has 0 saturated heterocycles. The van der Waals surface area contributed by atoms with Gasteiger partial charge in [0.1, 0.15) is 0 Å². The Labute approximate surface area is 119 Å². The highest BCUT2D eigenvalue weighted by Crippen LogP contribution is 2.12. The summed E-state index contributed by atoms with van der Waals surface area (Å²) in [5, 5.41) is 12.3. The Morgan fingerprint density at radius 3 is 2.53 bits per heavy atom. The van der Waals surface area contributed by atoms with Gasteiger partial charge >= 0.3 is 0 Å². The molecule has 0 bridgehead atoms. The summed E-state index contributed by atoms with van der Waals surface area (Å²) in [4.78, 5) is 11.6. The molecular formula is C15H23NO2S. The number of rotatable bonds is 7. The van der Waals surface area contributed by atoms with Gasteiger partial charge in [-0.25, -0.2) is 0 Å². The van der Waals surface area contributed by atoms with Gasteiger partial charge in [-0.3, -0.25) is 4.79 Å². The predicted octanol–water partition coefficient (Wildman–Crippen LogP) is 2.36. The van der Waals surface area contributed by atoms with E-state index in [0.29, 0.717) is 12.3 Å². The van der Waals surface area contributed by atoms with E-state index < -0.39 is 6.10 Å². The number of carbonyl (C=O) groups is 1. The van der Waals surface area contributed by atoms with Crippen molar-refractivity contribution in [3.05, 3.63) is 35.4 Å². The van der Waals surface area contributed by atoms with Gasteiger partial charge in [0, 0.05) is 12.3 Å². The number of carbonyl (C=O) groups excluding carboxylic acids is 1. The minimum absolute atomic E-state index is 0.0168. The van der Waals surface area contributed by atoms with Crippen LogP contribution in [0.3, 0.4) is 0 Å². The number of aliphatic hydroxyl groups is 1. The van der Waals surface area contributed by atoms with Crippen LogP contribution in [0.4, 0.5) is 0 Å². The fourth-order valence-corrected chi connectivity index (χ4v) is 2.27. The zero-order valence-electron chi connectivity index (χ0n) is 11.8. The summed E-state index contributed by atoms with van der Waals surface area (Å²) in [6.45, 7) is 6.26. The van der Waals surface area contributed by atoms with E-state index in [-0.39, 0.29) is 11.8 Å². The summed E-state index contributed by atoms with van der Waals surface area (Å²) in [7, 11) is 0. The van der Waals surface area contributed by atoms with E-state index >= 15 is 0 Å². The van der Waals surface area contributed by atoms with Crippen molar-refractivity contribution in [3.8, 4) is 0 Å². The third-order valence-electron chi connectivity index (χ3n) is 2.90. The Hall–Kier alpha value is -1.00. The molecule has 19 heavy (non-hydrogen) atoms. The molecule has 0 radical (unpaired) electrons. The Kier molecular flexibility index (Phi) is 6.95. The van der Waals surface area contributed by atoms with Crippen LogP contribution in [0.1, 0.15) is 25.0 Å². The smallest absolute Gasteiger partial charge is 0.230 e. The van der Waals surface area contributed by atoms with Crippen molar-refractivity contribution in [1.82, 2.24) is 5.32 Å². The van der Waals surface area contributed by atoms with Gasteiger partial charge < -0.3 is 10.4 Å². The largest absolute Gasteiger partial charge is 0.391 e. The molecule has 0 aliphatic carbocycles. The van der Waals surface area contributed by atoms with Crippen LogP contribution in [0.5, 0.6) is 0 Å². The van der Waals surface area contributed by atoms with Crippen LogP contribution in [0, 0.1) is 12.8 Å². The molecule has 4 heteroatoms. The van der Waals surface area contributed by atoms with Crippen molar-refractivity contribution in [2.24, 2.45) is 5.92 Å². The first-order chi connectivity index (χ1) is 8.99. The highest BCUT2D eigenvalue weighted by molar-refractivity contribution is 7.99. The van der Waals surface area contributed by atoms with Gasteiger partial charge in [-0.2, -0.15) is 0 Å². The lowest BCUT2D eigenvalue weighted by Gasteiger charge is -2.14. The molecule has 3 nitrogen and oxygen atoms in total. The third-order valence-corrected chi connectivity index (χ3v) is 3.90. The van der Waals surface area contributed by atoms with E-state index in [4.69, 9.17) is 0 Å². The second kappa shape index (κ2) is 8.23. The second-order valence-corrected chi connectivity index (χ2v) is 6.08. The number of aryl methyl sites for hydroxylation is 1. The highest BCUT2D eigenvalue weighted by Gasteiger charge is 2.10. The summed E-state index contributed by atoms with van der Waals surface area (Å²) in [5.41, 5.74) is 2.47. The number of benzene rings is 1. The van der Waals surface area contributed by atoms with Crippen LogP contribution in [-0.4, -0.2) is 29.4 Å². The van der Waals surface area contributed by atoms with Gasteiger partial charge in [0.25, 0.3) is 0 Å². The molecule has 1 rings (SSSR count). The molecule has 0 aliphatic rings. The van der Waals surface area contributed by atoms with Crippen molar-refractivity contribution in [2.75, 3.05) is 12.3 Å². The molecule has 0 fully saturated rings.